The van der Waals surface area contributed by atoms with E-state index in [9.17, 15) is 4.79 Å². The molecule has 3 fully saturated rings. The zero-order valence-corrected chi connectivity index (χ0v) is 19.2. The summed E-state index contributed by atoms with van der Waals surface area (Å²) in [5, 5.41) is 0. The third-order valence-electron chi connectivity index (χ3n) is 7.34. The van der Waals surface area contributed by atoms with Crippen LogP contribution >= 0.6 is 0 Å². The lowest BCUT2D eigenvalue weighted by molar-refractivity contribution is -0.120. The van der Waals surface area contributed by atoms with Gasteiger partial charge in [-0.2, -0.15) is 0 Å². The van der Waals surface area contributed by atoms with Gasteiger partial charge < -0.3 is 19.6 Å². The number of likely N-dealkylation sites (N-methyl/N-ethyl adjacent to an activating group) is 1. The Bertz CT molecular complexity index is 916. The molecule has 5 rings (SSSR count). The summed E-state index contributed by atoms with van der Waals surface area (Å²) in [5.41, 5.74) is 3.54. The molecule has 3 aliphatic rings. The second-order valence-corrected chi connectivity index (χ2v) is 9.52. The average Bonchev–Trinajstić information content (AvgIpc) is 3.20. The van der Waals surface area contributed by atoms with Crippen LogP contribution in [0.15, 0.2) is 42.6 Å². The van der Waals surface area contributed by atoms with Gasteiger partial charge >= 0.3 is 0 Å². The quantitative estimate of drug-likeness (QED) is 0.724. The van der Waals surface area contributed by atoms with Crippen molar-refractivity contribution >= 4 is 23.1 Å². The van der Waals surface area contributed by atoms with Crippen LogP contribution in [-0.2, 0) is 11.2 Å². The zero-order chi connectivity index (χ0) is 21.9. The largest absolute Gasteiger partial charge is 0.369 e. The molecule has 1 amide bonds. The molecule has 0 unspecified atom stereocenters. The number of para-hydroxylation sites is 1. The summed E-state index contributed by atoms with van der Waals surface area (Å²) in [7, 11) is 2.18. The molecule has 0 saturated carbocycles. The van der Waals surface area contributed by atoms with Crippen LogP contribution in [0.5, 0.6) is 0 Å². The lowest BCUT2D eigenvalue weighted by Gasteiger charge is -2.35. The summed E-state index contributed by atoms with van der Waals surface area (Å²) < 4.78 is 0. The van der Waals surface area contributed by atoms with E-state index in [1.165, 1.54) is 30.5 Å². The fourth-order valence-corrected chi connectivity index (χ4v) is 5.34. The minimum absolute atomic E-state index is 0.0467. The van der Waals surface area contributed by atoms with Crippen molar-refractivity contribution in [2.75, 3.05) is 67.6 Å². The zero-order valence-electron chi connectivity index (χ0n) is 19.2. The van der Waals surface area contributed by atoms with Gasteiger partial charge in [-0.25, -0.2) is 4.98 Å². The Morgan fingerprint density at radius 3 is 2.41 bits per heavy atom. The first-order valence-electron chi connectivity index (χ1n) is 12.2. The van der Waals surface area contributed by atoms with Gasteiger partial charge in [0.25, 0.3) is 0 Å². The summed E-state index contributed by atoms with van der Waals surface area (Å²) in [6, 6.07) is 12.8. The van der Waals surface area contributed by atoms with Crippen molar-refractivity contribution in [3.63, 3.8) is 0 Å². The molecule has 0 bridgehead atoms. The number of aromatic nitrogens is 1. The van der Waals surface area contributed by atoms with Crippen molar-refractivity contribution in [2.24, 2.45) is 5.92 Å². The number of carbonyl (C=O) groups excluding carboxylic acids is 1. The van der Waals surface area contributed by atoms with Crippen LogP contribution in [0.2, 0.25) is 0 Å². The molecule has 0 radical (unpaired) electrons. The first kappa shape index (κ1) is 21.3. The van der Waals surface area contributed by atoms with Crippen LogP contribution < -0.4 is 14.7 Å². The highest BCUT2D eigenvalue weighted by Crippen LogP contribution is 2.31. The van der Waals surface area contributed by atoms with Crippen molar-refractivity contribution in [1.82, 2.24) is 9.88 Å². The molecule has 6 heteroatoms. The Balaban J connectivity index is 1.25. The maximum Gasteiger partial charge on any atom is 0.230 e. The summed E-state index contributed by atoms with van der Waals surface area (Å²) >= 11 is 0. The number of amides is 1. The van der Waals surface area contributed by atoms with E-state index in [-0.39, 0.29) is 11.8 Å². The summed E-state index contributed by atoms with van der Waals surface area (Å²) in [4.78, 5) is 27.1. The normalized spacial score (nSPS) is 22.6. The summed E-state index contributed by atoms with van der Waals surface area (Å²) in [6.45, 7) is 7.23. The lowest BCUT2D eigenvalue weighted by atomic mass is 9.96. The van der Waals surface area contributed by atoms with E-state index in [1.807, 2.05) is 11.1 Å². The van der Waals surface area contributed by atoms with Gasteiger partial charge in [0, 0.05) is 57.4 Å². The van der Waals surface area contributed by atoms with Gasteiger partial charge in [-0.1, -0.05) is 18.2 Å². The van der Waals surface area contributed by atoms with Crippen molar-refractivity contribution in [3.05, 3.63) is 48.2 Å². The Hall–Kier alpha value is -2.60. The molecule has 2 aromatic rings. The minimum Gasteiger partial charge on any atom is -0.369 e. The molecule has 4 heterocycles. The van der Waals surface area contributed by atoms with Crippen LogP contribution in [0.4, 0.5) is 17.2 Å². The Morgan fingerprint density at radius 2 is 1.66 bits per heavy atom. The van der Waals surface area contributed by atoms with Gasteiger partial charge in [0.05, 0.1) is 11.9 Å². The molecular weight excluding hydrogens is 397 g/mol. The fraction of sp³-hybridized carbons (Fsp3) is 0.538. The number of hydrogen-bond donors (Lipinski definition) is 0. The molecule has 1 aromatic heterocycles. The van der Waals surface area contributed by atoms with E-state index in [2.05, 4.69) is 58.1 Å². The average molecular weight is 433 g/mol. The Morgan fingerprint density at radius 1 is 0.875 bits per heavy atom. The maximum atomic E-state index is 13.3. The smallest absolute Gasteiger partial charge is 0.230 e. The molecule has 0 spiro atoms. The molecule has 3 aliphatic heterocycles. The first-order chi connectivity index (χ1) is 15.7. The standard InChI is InChI=1S/C26H35N5O/c1-28-15-17-29(18-16-28)24-8-4-3-7-21(24)19-22-11-14-31(26(22)32)23-9-10-25(27-20-23)30-12-5-2-6-13-30/h3-4,7-10,20,22H,2,5-6,11-19H2,1H3/t22-/m1/s1/i1-1. The molecule has 6 nitrogen and oxygen atoms in total. The highest BCUT2D eigenvalue weighted by Gasteiger charge is 2.33. The Kier molecular flexibility index (Phi) is 6.30. The number of rotatable bonds is 5. The van der Waals surface area contributed by atoms with Crippen LogP contribution in [-0.4, -0.2) is 68.7 Å². The van der Waals surface area contributed by atoms with Gasteiger partial charge in [0.2, 0.25) is 5.91 Å². The molecule has 0 N–H and O–H groups in total. The number of benzene rings is 1. The van der Waals surface area contributed by atoms with Gasteiger partial charge in [-0.3, -0.25) is 4.79 Å². The molecule has 170 valence electrons. The third-order valence-corrected chi connectivity index (χ3v) is 7.34. The third kappa shape index (κ3) is 4.46. The number of piperazine rings is 1. The number of pyridine rings is 1. The fourth-order valence-electron chi connectivity index (χ4n) is 5.34. The van der Waals surface area contributed by atoms with E-state index >= 15 is 0 Å². The van der Waals surface area contributed by atoms with E-state index in [0.29, 0.717) is 0 Å². The maximum absolute atomic E-state index is 13.3. The predicted molar refractivity (Wildman–Crippen MR) is 131 cm³/mol. The number of hydrogen-bond acceptors (Lipinski definition) is 5. The van der Waals surface area contributed by atoms with E-state index < -0.39 is 0 Å². The highest BCUT2D eigenvalue weighted by molar-refractivity contribution is 5.97. The second kappa shape index (κ2) is 9.49. The molecule has 1 atom stereocenters. The number of carbonyl (C=O) groups is 1. The summed E-state index contributed by atoms with van der Waals surface area (Å²) in [5.74, 6) is 1.33. The molecule has 3 saturated heterocycles. The van der Waals surface area contributed by atoms with E-state index in [1.54, 1.807) is 0 Å². The topological polar surface area (TPSA) is 42.9 Å². The molecular formula is C26H35N5O. The van der Waals surface area contributed by atoms with Gasteiger partial charge in [-0.15, -0.1) is 0 Å². The van der Waals surface area contributed by atoms with Crippen LogP contribution in [0.1, 0.15) is 31.2 Å². The molecule has 0 aliphatic carbocycles. The van der Waals surface area contributed by atoms with E-state index in [4.69, 9.17) is 4.98 Å². The summed E-state index contributed by atoms with van der Waals surface area (Å²) in [6.07, 6.45) is 7.41. The molecule has 1 aromatic carbocycles. The van der Waals surface area contributed by atoms with Crippen molar-refractivity contribution in [3.8, 4) is 0 Å². The Labute approximate surface area is 191 Å². The monoisotopic (exact) mass is 432 g/mol. The first-order valence-corrected chi connectivity index (χ1v) is 12.2. The lowest BCUT2D eigenvalue weighted by Crippen LogP contribution is -2.44. The predicted octanol–water partition coefficient (Wildman–Crippen LogP) is 3.42. The van der Waals surface area contributed by atoms with Crippen molar-refractivity contribution < 1.29 is 4.79 Å². The SMILES string of the molecule is [11CH3]N1CCN(c2ccccc2C[C@H]2CCN(c3ccc(N4CCCCC4)nc3)C2=O)CC1. The van der Waals surface area contributed by atoms with E-state index in [0.717, 1.165) is 70.2 Å². The van der Waals surface area contributed by atoms with Crippen LogP contribution in [0.3, 0.4) is 0 Å². The van der Waals surface area contributed by atoms with Crippen LogP contribution in [0, 0.1) is 5.92 Å². The van der Waals surface area contributed by atoms with Gasteiger partial charge in [0.1, 0.15) is 5.82 Å². The van der Waals surface area contributed by atoms with Gasteiger partial charge in [0.15, 0.2) is 0 Å². The second-order valence-electron chi connectivity index (χ2n) is 9.52. The van der Waals surface area contributed by atoms with Gasteiger partial charge in [-0.05, 0) is 62.9 Å². The number of piperidine rings is 1. The minimum atomic E-state index is 0.0467. The van der Waals surface area contributed by atoms with Crippen molar-refractivity contribution in [1.29, 1.82) is 0 Å². The molecule has 32 heavy (non-hydrogen) atoms. The van der Waals surface area contributed by atoms with Crippen LogP contribution in [0.25, 0.3) is 0 Å². The highest BCUT2D eigenvalue weighted by atomic mass is 16.2. The number of nitrogens with zero attached hydrogens (tertiary/aromatic N) is 5. The number of anilines is 3. The van der Waals surface area contributed by atoms with Crippen molar-refractivity contribution in [2.45, 2.75) is 32.1 Å².